The molecule has 2 N–H and O–H groups in total. The number of hydrogen-bond donors (Lipinski definition) is 1. The second-order valence-corrected chi connectivity index (χ2v) is 4.28. The summed E-state index contributed by atoms with van der Waals surface area (Å²) in [6, 6.07) is 11.8. The molecule has 3 rings (SSSR count). The third-order valence-electron chi connectivity index (χ3n) is 2.88. The van der Waals surface area contributed by atoms with Gasteiger partial charge in [-0.1, -0.05) is 24.3 Å². The van der Waals surface area contributed by atoms with E-state index in [-0.39, 0.29) is 0 Å². The number of fused-ring (bicyclic) bond motifs is 1. The molecule has 5 nitrogen and oxygen atoms in total. The number of pyridine rings is 1. The second kappa shape index (κ2) is 5.16. The van der Waals surface area contributed by atoms with Crippen molar-refractivity contribution in [2.24, 2.45) is 5.73 Å². The Morgan fingerprint density at radius 3 is 2.84 bits per heavy atom. The van der Waals surface area contributed by atoms with Gasteiger partial charge in [0.1, 0.15) is 5.69 Å². The number of nitrogens with two attached hydrogens (primary N) is 1. The summed E-state index contributed by atoms with van der Waals surface area (Å²) < 4.78 is 5.58. The van der Waals surface area contributed by atoms with Crippen LogP contribution in [0.5, 0.6) is 0 Å². The summed E-state index contributed by atoms with van der Waals surface area (Å²) in [6.45, 7) is 0.617. The molecular formula is C14H14N4O. The van der Waals surface area contributed by atoms with Gasteiger partial charge in [-0.3, -0.25) is 0 Å². The molecule has 0 aliphatic carbocycles. The Labute approximate surface area is 110 Å². The Kier molecular flexibility index (Phi) is 3.20. The van der Waals surface area contributed by atoms with Gasteiger partial charge < -0.3 is 10.2 Å². The van der Waals surface area contributed by atoms with Gasteiger partial charge in [0.25, 0.3) is 5.89 Å². The molecule has 0 aliphatic rings. The zero-order chi connectivity index (χ0) is 13.1. The molecule has 0 atom stereocenters. The summed E-state index contributed by atoms with van der Waals surface area (Å²) in [5.41, 5.74) is 7.07. The molecule has 19 heavy (non-hydrogen) atoms. The second-order valence-electron chi connectivity index (χ2n) is 4.28. The number of rotatable bonds is 4. The minimum Gasteiger partial charge on any atom is -0.419 e. The van der Waals surface area contributed by atoms with E-state index in [0.717, 1.165) is 17.3 Å². The number of aryl methyl sites for hydroxylation is 1. The molecule has 0 amide bonds. The Hall–Kier alpha value is -2.27. The molecule has 0 fully saturated rings. The number of para-hydroxylation sites is 1. The van der Waals surface area contributed by atoms with Gasteiger partial charge in [-0.25, -0.2) is 4.98 Å². The maximum Gasteiger partial charge on any atom is 0.266 e. The fraction of sp³-hybridized carbons (Fsp3) is 0.214. The van der Waals surface area contributed by atoms with Crippen LogP contribution >= 0.6 is 0 Å². The SMILES string of the molecule is NCCCc1nnc(-c2ccc3ccccc3n2)o1. The molecule has 0 unspecified atom stereocenters. The number of benzene rings is 1. The van der Waals surface area contributed by atoms with Crippen molar-refractivity contribution in [3.8, 4) is 11.6 Å². The third kappa shape index (κ3) is 2.46. The van der Waals surface area contributed by atoms with Gasteiger partial charge in [-0.05, 0) is 25.1 Å². The zero-order valence-corrected chi connectivity index (χ0v) is 10.4. The van der Waals surface area contributed by atoms with Crippen LogP contribution in [-0.4, -0.2) is 21.7 Å². The first kappa shape index (κ1) is 11.8. The average Bonchev–Trinajstić information content (AvgIpc) is 2.93. The first-order chi connectivity index (χ1) is 9.36. The van der Waals surface area contributed by atoms with E-state index in [2.05, 4.69) is 15.2 Å². The molecule has 0 spiro atoms. The predicted octanol–water partition coefficient (Wildman–Crippen LogP) is 2.18. The quantitative estimate of drug-likeness (QED) is 0.772. The van der Waals surface area contributed by atoms with E-state index >= 15 is 0 Å². The molecule has 0 radical (unpaired) electrons. The molecule has 3 aromatic rings. The zero-order valence-electron chi connectivity index (χ0n) is 10.4. The van der Waals surface area contributed by atoms with E-state index in [4.69, 9.17) is 10.2 Å². The molecule has 0 saturated carbocycles. The van der Waals surface area contributed by atoms with Gasteiger partial charge in [-0.15, -0.1) is 10.2 Å². The van der Waals surface area contributed by atoms with Crippen LogP contribution in [-0.2, 0) is 6.42 Å². The normalized spacial score (nSPS) is 11.0. The van der Waals surface area contributed by atoms with Crippen LogP contribution in [0.3, 0.4) is 0 Å². The molecule has 0 aliphatic heterocycles. The van der Waals surface area contributed by atoms with Gasteiger partial charge in [-0.2, -0.15) is 0 Å². The van der Waals surface area contributed by atoms with Gasteiger partial charge >= 0.3 is 0 Å². The summed E-state index contributed by atoms with van der Waals surface area (Å²) in [6.07, 6.45) is 1.55. The van der Waals surface area contributed by atoms with Crippen LogP contribution in [0.2, 0.25) is 0 Å². The summed E-state index contributed by atoms with van der Waals surface area (Å²) in [7, 11) is 0. The summed E-state index contributed by atoms with van der Waals surface area (Å²) in [4.78, 5) is 4.52. The van der Waals surface area contributed by atoms with Crippen molar-refractivity contribution in [1.29, 1.82) is 0 Å². The Balaban J connectivity index is 1.92. The van der Waals surface area contributed by atoms with E-state index in [1.165, 1.54) is 0 Å². The lowest BCUT2D eigenvalue weighted by Gasteiger charge is -1.98. The van der Waals surface area contributed by atoms with Crippen LogP contribution in [0.1, 0.15) is 12.3 Å². The Bertz CT molecular complexity index is 692. The Morgan fingerprint density at radius 2 is 1.95 bits per heavy atom. The summed E-state index contributed by atoms with van der Waals surface area (Å²) in [5, 5.41) is 9.12. The Morgan fingerprint density at radius 1 is 1.05 bits per heavy atom. The highest BCUT2D eigenvalue weighted by atomic mass is 16.4. The predicted molar refractivity (Wildman–Crippen MR) is 72.4 cm³/mol. The molecule has 5 heteroatoms. The van der Waals surface area contributed by atoms with E-state index in [9.17, 15) is 0 Å². The maximum atomic E-state index is 5.58. The number of nitrogens with zero attached hydrogens (tertiary/aromatic N) is 3. The van der Waals surface area contributed by atoms with Crippen LogP contribution < -0.4 is 5.73 Å². The average molecular weight is 254 g/mol. The van der Waals surface area contributed by atoms with Gasteiger partial charge in [0.15, 0.2) is 0 Å². The summed E-state index contributed by atoms with van der Waals surface area (Å²) >= 11 is 0. The first-order valence-corrected chi connectivity index (χ1v) is 6.25. The van der Waals surface area contributed by atoms with Gasteiger partial charge in [0, 0.05) is 11.8 Å². The molecule has 2 heterocycles. The molecule has 2 aromatic heterocycles. The monoisotopic (exact) mass is 254 g/mol. The van der Waals surface area contributed by atoms with E-state index < -0.39 is 0 Å². The fourth-order valence-corrected chi connectivity index (χ4v) is 1.90. The van der Waals surface area contributed by atoms with Crippen LogP contribution in [0.15, 0.2) is 40.8 Å². The lowest BCUT2D eigenvalue weighted by Crippen LogP contribution is -2.00. The van der Waals surface area contributed by atoms with Gasteiger partial charge in [0.2, 0.25) is 5.89 Å². The molecule has 0 bridgehead atoms. The third-order valence-corrected chi connectivity index (χ3v) is 2.88. The number of hydrogen-bond acceptors (Lipinski definition) is 5. The van der Waals surface area contributed by atoms with Crippen LogP contribution in [0, 0.1) is 0 Å². The van der Waals surface area contributed by atoms with Crippen molar-refractivity contribution in [2.75, 3.05) is 6.54 Å². The smallest absolute Gasteiger partial charge is 0.266 e. The lowest BCUT2D eigenvalue weighted by molar-refractivity contribution is 0.497. The number of aromatic nitrogens is 3. The molecule has 1 aromatic carbocycles. The van der Waals surface area contributed by atoms with E-state index in [1.807, 2.05) is 36.4 Å². The topological polar surface area (TPSA) is 77.8 Å². The first-order valence-electron chi connectivity index (χ1n) is 6.25. The van der Waals surface area contributed by atoms with Crippen molar-refractivity contribution in [3.05, 3.63) is 42.3 Å². The van der Waals surface area contributed by atoms with Gasteiger partial charge in [0.05, 0.1) is 5.52 Å². The van der Waals surface area contributed by atoms with Crippen molar-refractivity contribution in [3.63, 3.8) is 0 Å². The molecule has 0 saturated heterocycles. The highest BCUT2D eigenvalue weighted by Crippen LogP contribution is 2.20. The minimum absolute atomic E-state index is 0.456. The standard InChI is InChI=1S/C14H14N4O/c15-9-3-6-13-17-18-14(19-13)12-8-7-10-4-1-2-5-11(10)16-12/h1-2,4-5,7-8H,3,6,9,15H2. The van der Waals surface area contributed by atoms with Crippen molar-refractivity contribution in [2.45, 2.75) is 12.8 Å². The van der Waals surface area contributed by atoms with Crippen molar-refractivity contribution in [1.82, 2.24) is 15.2 Å². The van der Waals surface area contributed by atoms with E-state index in [1.54, 1.807) is 0 Å². The fourth-order valence-electron chi connectivity index (χ4n) is 1.90. The molecular weight excluding hydrogens is 240 g/mol. The highest BCUT2D eigenvalue weighted by Gasteiger charge is 2.09. The van der Waals surface area contributed by atoms with Crippen LogP contribution in [0.25, 0.3) is 22.5 Å². The van der Waals surface area contributed by atoms with E-state index in [0.29, 0.717) is 30.4 Å². The summed E-state index contributed by atoms with van der Waals surface area (Å²) in [5.74, 6) is 1.06. The maximum absolute atomic E-state index is 5.58. The largest absolute Gasteiger partial charge is 0.419 e. The van der Waals surface area contributed by atoms with Crippen molar-refractivity contribution >= 4 is 10.9 Å². The minimum atomic E-state index is 0.456. The molecule has 96 valence electrons. The van der Waals surface area contributed by atoms with Crippen molar-refractivity contribution < 1.29 is 4.42 Å². The highest BCUT2D eigenvalue weighted by molar-refractivity contribution is 5.80. The lowest BCUT2D eigenvalue weighted by atomic mass is 10.2. The van der Waals surface area contributed by atoms with Crippen LogP contribution in [0.4, 0.5) is 0 Å².